The van der Waals surface area contributed by atoms with Crippen LogP contribution in [0.15, 0.2) is 72.8 Å². The Bertz CT molecular complexity index is 885. The molecule has 0 aromatic heterocycles. The molecule has 0 amide bonds. The van der Waals surface area contributed by atoms with E-state index in [0.29, 0.717) is 0 Å². The van der Waals surface area contributed by atoms with E-state index in [1.165, 1.54) is 0 Å². The summed E-state index contributed by atoms with van der Waals surface area (Å²) in [5.41, 5.74) is 0.854. The van der Waals surface area contributed by atoms with Gasteiger partial charge in [0.1, 0.15) is 0 Å². The van der Waals surface area contributed by atoms with Crippen LogP contribution in [0.5, 0.6) is 0 Å². The molecule has 0 saturated heterocycles. The molecule has 24 heavy (non-hydrogen) atoms. The van der Waals surface area contributed by atoms with Gasteiger partial charge in [0.15, 0.2) is 0 Å². The average Bonchev–Trinajstić information content (AvgIpc) is 2.53. The molecule has 3 nitrogen and oxygen atoms in total. The number of benzene rings is 3. The zero-order valence-corrected chi connectivity index (χ0v) is 14.5. The fourth-order valence-electron chi connectivity index (χ4n) is 3.02. The molecule has 0 aliphatic heterocycles. The number of hydrogen-bond acceptors (Lipinski definition) is 1. The molecule has 0 fully saturated rings. The molecule has 0 aliphatic rings. The van der Waals surface area contributed by atoms with Crippen LogP contribution < -0.4 is 5.09 Å². The smallest absolute Gasteiger partial charge is 0.272 e. The fourth-order valence-corrected chi connectivity index (χ4v) is 4.70. The van der Waals surface area contributed by atoms with Crippen LogP contribution in [0.1, 0.15) is 18.1 Å². The van der Waals surface area contributed by atoms with Gasteiger partial charge in [0, 0.05) is 5.54 Å². The van der Waals surface area contributed by atoms with Crippen molar-refractivity contribution in [3.8, 4) is 0 Å². The van der Waals surface area contributed by atoms with Gasteiger partial charge in [-0.05, 0) is 35.7 Å². The summed E-state index contributed by atoms with van der Waals surface area (Å²) < 4.78 is 12.7. The van der Waals surface area contributed by atoms with E-state index in [9.17, 15) is 9.46 Å². The summed E-state index contributed by atoms with van der Waals surface area (Å²) in [5, 5.41) is 5.01. The molecule has 0 aliphatic carbocycles. The first-order valence-corrected chi connectivity index (χ1v) is 9.71. The molecule has 3 aromatic carbocycles. The molecule has 0 spiro atoms. The third-order valence-electron chi connectivity index (χ3n) is 4.05. The maximum atomic E-state index is 12.7. The van der Waals surface area contributed by atoms with Crippen molar-refractivity contribution in [1.29, 1.82) is 0 Å². The van der Waals surface area contributed by atoms with E-state index < -0.39 is 13.1 Å². The second kappa shape index (κ2) is 6.52. The highest BCUT2D eigenvalue weighted by molar-refractivity contribution is 7.55. The van der Waals surface area contributed by atoms with Crippen molar-refractivity contribution in [2.75, 3.05) is 0 Å². The minimum Gasteiger partial charge on any atom is -0.333 e. The van der Waals surface area contributed by atoms with Crippen molar-refractivity contribution in [3.63, 3.8) is 0 Å². The lowest BCUT2D eigenvalue weighted by Gasteiger charge is -2.30. The zero-order chi connectivity index (χ0) is 17.2. The van der Waals surface area contributed by atoms with Crippen LogP contribution in [-0.4, -0.2) is 4.89 Å². The molecule has 123 valence electrons. The van der Waals surface area contributed by atoms with Gasteiger partial charge < -0.3 is 4.89 Å². The highest BCUT2D eigenvalue weighted by Gasteiger charge is 2.31. The minimum absolute atomic E-state index is 0.0731. The predicted octanol–water partition coefficient (Wildman–Crippen LogP) is 4.86. The highest BCUT2D eigenvalue weighted by atomic mass is 31.2. The Morgan fingerprint density at radius 1 is 1.00 bits per heavy atom. The van der Waals surface area contributed by atoms with Crippen molar-refractivity contribution in [2.24, 2.45) is 0 Å². The second-order valence-electron chi connectivity index (χ2n) is 6.32. The number of rotatable bonds is 5. The number of fused-ring (bicyclic) bond motifs is 1. The average molecular weight is 338 g/mol. The van der Waals surface area contributed by atoms with Gasteiger partial charge >= 0.3 is 0 Å². The Morgan fingerprint density at radius 3 is 2.38 bits per heavy atom. The van der Waals surface area contributed by atoms with Crippen LogP contribution in [0.3, 0.4) is 0 Å². The Hall–Kier alpha value is -1.93. The summed E-state index contributed by atoms with van der Waals surface area (Å²) in [4.78, 5) is 10.4. The second-order valence-corrected chi connectivity index (χ2v) is 8.26. The van der Waals surface area contributed by atoms with E-state index >= 15 is 0 Å². The molecule has 0 heterocycles. The molecule has 0 bridgehead atoms. The number of hydrogen-bond donors (Lipinski definition) is 2. The minimum atomic E-state index is -3.59. The van der Waals surface area contributed by atoms with E-state index in [2.05, 4.69) is 12.0 Å². The molecule has 0 saturated carbocycles. The lowest BCUT2D eigenvalue weighted by molar-refractivity contribution is 0.427. The predicted molar refractivity (Wildman–Crippen MR) is 99.8 cm³/mol. The summed E-state index contributed by atoms with van der Waals surface area (Å²) in [7, 11) is -3.59. The standard InChI is InChI=1S/C20H21NO2P/c1-20(2,19-14-8-12-17-11-6-7-13-18(17)19)21-24(22,23)15-16-9-4-3-5-10-16/h3-14H,1,15H2,2H3,(H2,21,22,23). The Balaban J connectivity index is 1.91. The van der Waals surface area contributed by atoms with Crippen molar-refractivity contribution in [3.05, 3.63) is 90.8 Å². The van der Waals surface area contributed by atoms with Gasteiger partial charge in [-0.25, -0.2) is 5.09 Å². The van der Waals surface area contributed by atoms with Crippen molar-refractivity contribution in [2.45, 2.75) is 18.6 Å². The molecular weight excluding hydrogens is 317 g/mol. The van der Waals surface area contributed by atoms with Gasteiger partial charge in [0.25, 0.3) is 7.52 Å². The fraction of sp³-hybridized carbons (Fsp3) is 0.150. The summed E-state index contributed by atoms with van der Waals surface area (Å²) in [6, 6.07) is 23.2. The maximum Gasteiger partial charge on any atom is 0.272 e. The van der Waals surface area contributed by atoms with E-state index in [1.54, 1.807) is 0 Å². The van der Waals surface area contributed by atoms with Crippen molar-refractivity contribution in [1.82, 2.24) is 5.09 Å². The largest absolute Gasteiger partial charge is 0.333 e. The SMILES string of the molecule is [CH2]C(C)(NP(=O)(O)Cc1ccccc1)c1cccc2ccccc12. The van der Waals surface area contributed by atoms with Crippen LogP contribution >= 0.6 is 7.52 Å². The van der Waals surface area contributed by atoms with Crippen LogP contribution in [-0.2, 0) is 16.3 Å². The lowest BCUT2D eigenvalue weighted by atomic mass is 9.90. The molecular formula is C20H21NO2P. The Labute approximate surface area is 142 Å². The lowest BCUT2D eigenvalue weighted by Crippen LogP contribution is -2.35. The van der Waals surface area contributed by atoms with Crippen molar-refractivity contribution < 1.29 is 9.46 Å². The third-order valence-corrected chi connectivity index (χ3v) is 5.68. The summed E-state index contributed by atoms with van der Waals surface area (Å²) in [6.45, 7) is 6.01. The number of nitrogens with one attached hydrogen (secondary N) is 1. The zero-order valence-electron chi connectivity index (χ0n) is 13.6. The first-order chi connectivity index (χ1) is 11.4. The van der Waals surface area contributed by atoms with Crippen LogP contribution in [0, 0.1) is 6.92 Å². The van der Waals surface area contributed by atoms with Crippen LogP contribution in [0.25, 0.3) is 10.8 Å². The van der Waals surface area contributed by atoms with Crippen LogP contribution in [0.4, 0.5) is 0 Å². The van der Waals surface area contributed by atoms with E-state index in [4.69, 9.17) is 0 Å². The monoisotopic (exact) mass is 338 g/mol. The summed E-state index contributed by atoms with van der Waals surface area (Å²) in [6.07, 6.45) is 0.0731. The maximum absolute atomic E-state index is 12.7. The molecule has 2 atom stereocenters. The van der Waals surface area contributed by atoms with Gasteiger partial charge in [-0.2, -0.15) is 0 Å². The normalized spacial score (nSPS) is 14.5. The molecule has 2 N–H and O–H groups in total. The van der Waals surface area contributed by atoms with Gasteiger partial charge in [0.05, 0.1) is 6.16 Å². The van der Waals surface area contributed by atoms with Gasteiger partial charge in [-0.15, -0.1) is 0 Å². The highest BCUT2D eigenvalue weighted by Crippen LogP contribution is 2.45. The molecule has 3 aromatic rings. The Kier molecular flexibility index (Phi) is 4.60. The molecule has 4 heteroatoms. The first-order valence-electron chi connectivity index (χ1n) is 7.86. The first kappa shape index (κ1) is 16.9. The third kappa shape index (κ3) is 3.76. The Morgan fingerprint density at radius 2 is 1.62 bits per heavy atom. The quantitative estimate of drug-likeness (QED) is 0.653. The topological polar surface area (TPSA) is 49.3 Å². The van der Waals surface area contributed by atoms with E-state index in [-0.39, 0.29) is 6.16 Å². The summed E-state index contributed by atoms with van der Waals surface area (Å²) in [5.74, 6) is 0. The molecule has 3 rings (SSSR count). The van der Waals surface area contributed by atoms with Gasteiger partial charge in [-0.1, -0.05) is 72.8 Å². The van der Waals surface area contributed by atoms with Gasteiger partial charge in [-0.3, -0.25) is 4.57 Å². The van der Waals surface area contributed by atoms with E-state index in [0.717, 1.165) is 21.9 Å². The van der Waals surface area contributed by atoms with Crippen molar-refractivity contribution >= 4 is 18.3 Å². The van der Waals surface area contributed by atoms with E-state index in [1.807, 2.05) is 79.7 Å². The molecule has 2 unspecified atom stereocenters. The van der Waals surface area contributed by atoms with Gasteiger partial charge in [0.2, 0.25) is 0 Å². The van der Waals surface area contributed by atoms with Crippen LogP contribution in [0.2, 0.25) is 0 Å². The summed E-state index contributed by atoms with van der Waals surface area (Å²) >= 11 is 0. The molecule has 1 radical (unpaired) electrons.